The number of alkyl halides is 3. The standard InChI is InChI=1S/C22H18F3N3O5/c23-22(24,25)14-6-4-13(5-7-14)19(31)27-11-12-3-8-15-16(10-12)21(33)28(20(15)32)17(18(26)30)2-1-9-29/h3-10,17H,1-2,11H2,(H2,26,30)(H,27,31). The smallest absolute Gasteiger partial charge is 0.368 e. The maximum absolute atomic E-state index is 12.8. The van der Waals surface area contributed by atoms with E-state index < -0.39 is 41.4 Å². The molecule has 0 aliphatic carbocycles. The molecule has 4 amide bonds. The minimum atomic E-state index is -4.52. The Morgan fingerprint density at radius 2 is 1.67 bits per heavy atom. The molecule has 1 atom stereocenters. The number of aldehydes is 1. The maximum Gasteiger partial charge on any atom is 0.416 e. The van der Waals surface area contributed by atoms with Crippen LogP contribution in [0.5, 0.6) is 0 Å². The van der Waals surface area contributed by atoms with Crippen molar-refractivity contribution in [1.29, 1.82) is 0 Å². The van der Waals surface area contributed by atoms with E-state index in [1.54, 1.807) is 0 Å². The molecule has 0 radical (unpaired) electrons. The number of halogens is 3. The van der Waals surface area contributed by atoms with Crippen LogP contribution in [0.4, 0.5) is 13.2 Å². The Hall–Kier alpha value is -4.02. The highest BCUT2D eigenvalue weighted by Gasteiger charge is 2.42. The molecule has 3 N–H and O–H groups in total. The zero-order valence-corrected chi connectivity index (χ0v) is 17.0. The summed E-state index contributed by atoms with van der Waals surface area (Å²) in [5, 5.41) is 2.53. The number of carbonyl (C=O) groups is 5. The summed E-state index contributed by atoms with van der Waals surface area (Å²) in [5.74, 6) is -3.02. The van der Waals surface area contributed by atoms with Crippen LogP contribution in [0.25, 0.3) is 0 Å². The van der Waals surface area contributed by atoms with E-state index in [4.69, 9.17) is 5.73 Å². The maximum atomic E-state index is 12.8. The Morgan fingerprint density at radius 1 is 1.03 bits per heavy atom. The van der Waals surface area contributed by atoms with E-state index in [2.05, 4.69) is 5.32 Å². The molecule has 0 saturated carbocycles. The number of imide groups is 1. The quantitative estimate of drug-likeness (QED) is 0.460. The van der Waals surface area contributed by atoms with Gasteiger partial charge in [0.05, 0.1) is 16.7 Å². The summed E-state index contributed by atoms with van der Waals surface area (Å²) in [6, 6.07) is 6.64. The fourth-order valence-electron chi connectivity index (χ4n) is 3.42. The van der Waals surface area contributed by atoms with Crippen LogP contribution in [0, 0.1) is 0 Å². The van der Waals surface area contributed by atoms with E-state index >= 15 is 0 Å². The van der Waals surface area contributed by atoms with Crippen LogP contribution in [0.3, 0.4) is 0 Å². The minimum absolute atomic E-state index is 0.0126. The number of rotatable bonds is 8. The van der Waals surface area contributed by atoms with E-state index in [0.717, 1.165) is 29.2 Å². The van der Waals surface area contributed by atoms with Crippen LogP contribution in [0.1, 0.15) is 55.0 Å². The van der Waals surface area contributed by atoms with Gasteiger partial charge in [0.15, 0.2) is 0 Å². The second kappa shape index (κ2) is 9.23. The molecule has 0 saturated heterocycles. The molecule has 172 valence electrons. The van der Waals surface area contributed by atoms with Crippen molar-refractivity contribution < 1.29 is 37.1 Å². The molecule has 2 aromatic carbocycles. The predicted octanol–water partition coefficient (Wildman–Crippen LogP) is 2.06. The molecule has 1 heterocycles. The third-order valence-corrected chi connectivity index (χ3v) is 5.11. The molecule has 1 aliphatic heterocycles. The van der Waals surface area contributed by atoms with Crippen molar-refractivity contribution >= 4 is 29.9 Å². The normalized spacial score (nSPS) is 14.1. The second-order valence-electron chi connectivity index (χ2n) is 7.28. The lowest BCUT2D eigenvalue weighted by molar-refractivity contribution is -0.137. The first-order chi connectivity index (χ1) is 15.5. The first kappa shape index (κ1) is 23.6. The first-order valence-electron chi connectivity index (χ1n) is 9.73. The molecular formula is C22H18F3N3O5. The Bertz CT molecular complexity index is 1130. The molecule has 0 bridgehead atoms. The highest BCUT2D eigenvalue weighted by Crippen LogP contribution is 2.29. The van der Waals surface area contributed by atoms with Gasteiger partial charge in [-0.1, -0.05) is 6.07 Å². The number of benzene rings is 2. The average Bonchev–Trinajstić information content (AvgIpc) is 3.01. The largest absolute Gasteiger partial charge is 0.416 e. The van der Waals surface area contributed by atoms with E-state index in [1.165, 1.54) is 18.2 Å². The highest BCUT2D eigenvalue weighted by molar-refractivity contribution is 6.22. The summed E-state index contributed by atoms with van der Waals surface area (Å²) in [6.07, 6.45) is -4.13. The Labute approximate surface area is 185 Å². The fraction of sp³-hybridized carbons (Fsp3) is 0.227. The van der Waals surface area contributed by atoms with Crippen LogP contribution in [0.15, 0.2) is 42.5 Å². The Morgan fingerprint density at radius 3 is 2.24 bits per heavy atom. The van der Waals surface area contributed by atoms with Crippen LogP contribution >= 0.6 is 0 Å². The number of nitrogens with zero attached hydrogens (tertiary/aromatic N) is 1. The SMILES string of the molecule is NC(=O)C(CCC=O)N1C(=O)c2ccc(CNC(=O)c3ccc(C(F)(F)F)cc3)cc2C1=O. The third-order valence-electron chi connectivity index (χ3n) is 5.11. The molecule has 1 unspecified atom stereocenters. The number of amides is 4. The van der Waals surface area contributed by atoms with Gasteiger partial charge in [-0.15, -0.1) is 0 Å². The van der Waals surface area contributed by atoms with Gasteiger partial charge in [0, 0.05) is 18.5 Å². The van der Waals surface area contributed by atoms with Gasteiger partial charge in [-0.05, 0) is 48.4 Å². The van der Waals surface area contributed by atoms with Gasteiger partial charge in [0.25, 0.3) is 17.7 Å². The van der Waals surface area contributed by atoms with Crippen LogP contribution < -0.4 is 11.1 Å². The van der Waals surface area contributed by atoms with Crippen molar-refractivity contribution in [2.75, 3.05) is 0 Å². The first-order valence-corrected chi connectivity index (χ1v) is 9.73. The third kappa shape index (κ3) is 4.92. The van der Waals surface area contributed by atoms with E-state index in [0.29, 0.717) is 11.8 Å². The molecule has 2 aromatic rings. The van der Waals surface area contributed by atoms with Crippen LogP contribution in [-0.2, 0) is 22.3 Å². The van der Waals surface area contributed by atoms with Crippen molar-refractivity contribution in [3.05, 3.63) is 70.3 Å². The van der Waals surface area contributed by atoms with E-state index in [1.807, 2.05) is 0 Å². The molecular weight excluding hydrogens is 443 g/mol. The van der Waals surface area contributed by atoms with Crippen molar-refractivity contribution in [1.82, 2.24) is 10.2 Å². The Balaban J connectivity index is 1.73. The van der Waals surface area contributed by atoms with Crippen LogP contribution in [0.2, 0.25) is 0 Å². The van der Waals surface area contributed by atoms with Gasteiger partial charge in [-0.3, -0.25) is 24.1 Å². The highest BCUT2D eigenvalue weighted by atomic mass is 19.4. The lowest BCUT2D eigenvalue weighted by Gasteiger charge is -2.22. The van der Waals surface area contributed by atoms with Crippen molar-refractivity contribution in [2.45, 2.75) is 31.6 Å². The fourth-order valence-corrected chi connectivity index (χ4v) is 3.42. The molecule has 3 rings (SSSR count). The number of primary amides is 1. The lowest BCUT2D eigenvalue weighted by Crippen LogP contribution is -2.47. The van der Waals surface area contributed by atoms with E-state index in [-0.39, 0.29) is 36.1 Å². The van der Waals surface area contributed by atoms with Gasteiger partial charge in [0.2, 0.25) is 5.91 Å². The average molecular weight is 461 g/mol. The second-order valence-corrected chi connectivity index (χ2v) is 7.28. The predicted molar refractivity (Wildman–Crippen MR) is 108 cm³/mol. The molecule has 0 aromatic heterocycles. The number of hydrogen-bond donors (Lipinski definition) is 2. The van der Waals surface area contributed by atoms with Gasteiger partial charge in [-0.2, -0.15) is 13.2 Å². The summed E-state index contributed by atoms with van der Waals surface area (Å²) in [5.41, 5.74) is 4.95. The van der Waals surface area contributed by atoms with Crippen molar-refractivity contribution in [3.63, 3.8) is 0 Å². The van der Waals surface area contributed by atoms with Crippen LogP contribution in [-0.4, -0.2) is 40.9 Å². The van der Waals surface area contributed by atoms with E-state index in [9.17, 15) is 37.1 Å². The van der Waals surface area contributed by atoms with Crippen molar-refractivity contribution in [2.24, 2.45) is 5.73 Å². The topological polar surface area (TPSA) is 127 Å². The summed E-state index contributed by atoms with van der Waals surface area (Å²) in [6.45, 7) is -0.0704. The summed E-state index contributed by atoms with van der Waals surface area (Å²) < 4.78 is 37.9. The Kier molecular flexibility index (Phi) is 6.61. The van der Waals surface area contributed by atoms with Gasteiger partial charge in [-0.25, -0.2) is 0 Å². The number of nitrogens with one attached hydrogen (secondary N) is 1. The van der Waals surface area contributed by atoms with Gasteiger partial charge in [0.1, 0.15) is 12.3 Å². The summed E-state index contributed by atoms with van der Waals surface area (Å²) >= 11 is 0. The van der Waals surface area contributed by atoms with Crippen molar-refractivity contribution in [3.8, 4) is 0 Å². The molecule has 0 spiro atoms. The lowest BCUT2D eigenvalue weighted by atomic mass is 10.1. The van der Waals surface area contributed by atoms with Gasteiger partial charge >= 0.3 is 6.18 Å². The minimum Gasteiger partial charge on any atom is -0.368 e. The number of nitrogens with two attached hydrogens (primary N) is 1. The zero-order chi connectivity index (χ0) is 24.3. The molecule has 8 nitrogen and oxygen atoms in total. The number of carbonyl (C=O) groups excluding carboxylic acids is 5. The number of hydrogen-bond acceptors (Lipinski definition) is 5. The molecule has 1 aliphatic rings. The monoisotopic (exact) mass is 461 g/mol. The summed E-state index contributed by atoms with van der Waals surface area (Å²) in [4.78, 5) is 60.8. The molecule has 33 heavy (non-hydrogen) atoms. The zero-order valence-electron chi connectivity index (χ0n) is 17.0. The number of fused-ring (bicyclic) bond motifs is 1. The van der Waals surface area contributed by atoms with Gasteiger partial charge < -0.3 is 15.8 Å². The molecule has 0 fully saturated rings. The summed E-state index contributed by atoms with van der Waals surface area (Å²) in [7, 11) is 0. The molecule has 11 heteroatoms.